The molecule has 1 amide bonds. The molecule has 1 atom stereocenters. The van der Waals surface area contributed by atoms with Gasteiger partial charge in [0.25, 0.3) is 0 Å². The molecule has 34 heavy (non-hydrogen) atoms. The van der Waals surface area contributed by atoms with Crippen LogP contribution >= 0.6 is 0 Å². The van der Waals surface area contributed by atoms with E-state index in [-0.39, 0.29) is 17.4 Å². The summed E-state index contributed by atoms with van der Waals surface area (Å²) in [6, 6.07) is 17.5. The van der Waals surface area contributed by atoms with Crippen molar-refractivity contribution in [1.82, 2.24) is 20.0 Å². The van der Waals surface area contributed by atoms with Crippen LogP contribution in [0.15, 0.2) is 54.6 Å². The molecular weight excluding hydrogens is 448 g/mol. The largest absolute Gasteiger partial charge is 0.350 e. The molecule has 4 rings (SSSR count). The van der Waals surface area contributed by atoms with E-state index in [2.05, 4.69) is 40.2 Å². The number of sulfone groups is 1. The number of likely N-dealkylation sites (N-methyl/N-ethyl adjacent to an activating group) is 1. The van der Waals surface area contributed by atoms with Crippen molar-refractivity contribution in [3.63, 3.8) is 0 Å². The van der Waals surface area contributed by atoms with Gasteiger partial charge < -0.3 is 10.2 Å². The molecule has 0 radical (unpaired) electrons. The fraction of sp³-hybridized carbons (Fsp3) is 0.500. The van der Waals surface area contributed by atoms with Crippen LogP contribution in [-0.4, -0.2) is 86.3 Å². The Balaban J connectivity index is 1.43. The first kappa shape index (κ1) is 24.9. The summed E-state index contributed by atoms with van der Waals surface area (Å²) in [6.45, 7) is 9.70. The van der Waals surface area contributed by atoms with Gasteiger partial charge in [-0.2, -0.15) is 0 Å². The molecule has 0 bridgehead atoms. The molecule has 0 aromatic heterocycles. The van der Waals surface area contributed by atoms with Crippen LogP contribution in [0.5, 0.6) is 0 Å². The normalized spacial score (nSPS) is 20.6. The molecular formula is C26H36N4O3S. The zero-order chi connectivity index (χ0) is 24.0. The standard InChI is InChI=1S/C26H36N4O3S/c1-2-28-12-14-29(15-13-28)21-24-11-7-6-10-23(24)20-27-26(31)25(22-8-4-3-5-9-22)30-16-18-34(32,33)19-17-30/h3-11,25H,2,12-21H2,1H3,(H,27,31). The molecule has 0 aliphatic carbocycles. The topological polar surface area (TPSA) is 73.0 Å². The van der Waals surface area contributed by atoms with Crippen LogP contribution < -0.4 is 5.32 Å². The number of amides is 1. The maximum absolute atomic E-state index is 13.4. The first-order valence-corrected chi connectivity index (χ1v) is 14.1. The zero-order valence-electron chi connectivity index (χ0n) is 20.0. The Morgan fingerprint density at radius 1 is 0.853 bits per heavy atom. The first-order chi connectivity index (χ1) is 16.4. The fourth-order valence-electron chi connectivity index (χ4n) is 4.82. The number of hydrogen-bond acceptors (Lipinski definition) is 6. The summed E-state index contributed by atoms with van der Waals surface area (Å²) in [5.74, 6) is 0.104. The number of benzene rings is 2. The van der Waals surface area contributed by atoms with Gasteiger partial charge >= 0.3 is 0 Å². The van der Waals surface area contributed by atoms with Gasteiger partial charge in [-0.15, -0.1) is 0 Å². The van der Waals surface area contributed by atoms with Crippen molar-refractivity contribution in [3.05, 3.63) is 71.3 Å². The highest BCUT2D eigenvalue weighted by atomic mass is 32.2. The van der Waals surface area contributed by atoms with Gasteiger partial charge in [0.05, 0.1) is 11.5 Å². The van der Waals surface area contributed by atoms with E-state index in [9.17, 15) is 13.2 Å². The van der Waals surface area contributed by atoms with Crippen molar-refractivity contribution in [3.8, 4) is 0 Å². The molecule has 0 spiro atoms. The number of hydrogen-bond donors (Lipinski definition) is 1. The summed E-state index contributed by atoms with van der Waals surface area (Å²) >= 11 is 0. The minimum absolute atomic E-state index is 0.0862. The molecule has 2 aromatic rings. The van der Waals surface area contributed by atoms with Gasteiger partial charge in [0.2, 0.25) is 5.91 Å². The highest BCUT2D eigenvalue weighted by Gasteiger charge is 2.32. The third-order valence-electron chi connectivity index (χ3n) is 6.99. The lowest BCUT2D eigenvalue weighted by Gasteiger charge is -2.34. The highest BCUT2D eigenvalue weighted by molar-refractivity contribution is 7.91. The Labute approximate surface area is 203 Å². The Morgan fingerprint density at radius 3 is 2.09 bits per heavy atom. The summed E-state index contributed by atoms with van der Waals surface area (Å²) in [7, 11) is -3.02. The number of nitrogens with zero attached hydrogens (tertiary/aromatic N) is 3. The number of carbonyl (C=O) groups excluding carboxylic acids is 1. The molecule has 184 valence electrons. The van der Waals surface area contributed by atoms with Crippen molar-refractivity contribution in [2.75, 3.05) is 57.3 Å². The third-order valence-corrected chi connectivity index (χ3v) is 8.59. The van der Waals surface area contributed by atoms with Crippen LogP contribution in [0.4, 0.5) is 0 Å². The van der Waals surface area contributed by atoms with Gasteiger partial charge in [-0.25, -0.2) is 8.42 Å². The monoisotopic (exact) mass is 484 g/mol. The van der Waals surface area contributed by atoms with Gasteiger partial charge in [0, 0.05) is 52.4 Å². The number of rotatable bonds is 8. The van der Waals surface area contributed by atoms with Gasteiger partial charge in [0.15, 0.2) is 9.84 Å². The van der Waals surface area contributed by atoms with Gasteiger partial charge in [-0.05, 0) is 23.2 Å². The van der Waals surface area contributed by atoms with Crippen LogP contribution in [-0.2, 0) is 27.7 Å². The van der Waals surface area contributed by atoms with Crippen LogP contribution in [0.2, 0.25) is 0 Å². The predicted octanol–water partition coefficient (Wildman–Crippen LogP) is 1.91. The lowest BCUT2D eigenvalue weighted by molar-refractivity contribution is -0.126. The van der Waals surface area contributed by atoms with E-state index in [0.717, 1.165) is 50.4 Å². The fourth-order valence-corrected chi connectivity index (χ4v) is 6.05. The number of nitrogens with one attached hydrogen (secondary N) is 1. The summed E-state index contributed by atoms with van der Waals surface area (Å²) in [4.78, 5) is 20.4. The highest BCUT2D eigenvalue weighted by Crippen LogP contribution is 2.24. The molecule has 2 aliphatic heterocycles. The van der Waals surface area contributed by atoms with E-state index >= 15 is 0 Å². The second-order valence-electron chi connectivity index (χ2n) is 9.20. The Bertz CT molecular complexity index is 1040. The van der Waals surface area contributed by atoms with Crippen LogP contribution in [0, 0.1) is 0 Å². The minimum Gasteiger partial charge on any atom is -0.350 e. The van der Waals surface area contributed by atoms with Crippen molar-refractivity contribution in [1.29, 1.82) is 0 Å². The molecule has 2 heterocycles. The van der Waals surface area contributed by atoms with Crippen LogP contribution in [0.1, 0.15) is 29.7 Å². The average molecular weight is 485 g/mol. The number of carbonyl (C=O) groups is 1. The SMILES string of the molecule is CCN1CCN(Cc2ccccc2CNC(=O)C(c2ccccc2)N2CCS(=O)(=O)CC2)CC1. The molecule has 1 N–H and O–H groups in total. The van der Waals surface area contributed by atoms with Gasteiger partial charge in [-0.3, -0.25) is 14.6 Å². The zero-order valence-corrected chi connectivity index (χ0v) is 20.8. The second kappa shape index (κ2) is 11.4. The summed E-state index contributed by atoms with van der Waals surface area (Å²) in [5, 5.41) is 3.15. The van der Waals surface area contributed by atoms with E-state index in [1.807, 2.05) is 41.3 Å². The molecule has 2 aliphatic rings. The lowest BCUT2D eigenvalue weighted by atomic mass is 10.0. The molecule has 0 saturated carbocycles. The van der Waals surface area contributed by atoms with Gasteiger partial charge in [0.1, 0.15) is 6.04 Å². The average Bonchev–Trinajstić information content (AvgIpc) is 2.86. The van der Waals surface area contributed by atoms with Crippen LogP contribution in [0.3, 0.4) is 0 Å². The van der Waals surface area contributed by atoms with E-state index in [1.165, 1.54) is 5.56 Å². The molecule has 2 saturated heterocycles. The second-order valence-corrected chi connectivity index (χ2v) is 11.5. The van der Waals surface area contributed by atoms with Crippen molar-refractivity contribution in [2.45, 2.75) is 26.1 Å². The maximum atomic E-state index is 13.4. The quantitative estimate of drug-likeness (QED) is 0.617. The Morgan fingerprint density at radius 2 is 1.44 bits per heavy atom. The van der Waals surface area contributed by atoms with Gasteiger partial charge in [-0.1, -0.05) is 61.5 Å². The number of piperazine rings is 1. The Kier molecular flexibility index (Phi) is 8.37. The van der Waals surface area contributed by atoms with Crippen molar-refractivity contribution < 1.29 is 13.2 Å². The van der Waals surface area contributed by atoms with E-state index in [4.69, 9.17) is 0 Å². The molecule has 8 heteroatoms. The van der Waals surface area contributed by atoms with Crippen molar-refractivity contribution >= 4 is 15.7 Å². The Hall–Kier alpha value is -2.26. The molecule has 1 unspecified atom stereocenters. The maximum Gasteiger partial charge on any atom is 0.242 e. The predicted molar refractivity (Wildman–Crippen MR) is 135 cm³/mol. The minimum atomic E-state index is -3.02. The lowest BCUT2D eigenvalue weighted by Crippen LogP contribution is -2.47. The summed E-state index contributed by atoms with van der Waals surface area (Å²) < 4.78 is 23.9. The van der Waals surface area contributed by atoms with E-state index < -0.39 is 15.9 Å². The first-order valence-electron chi connectivity index (χ1n) is 12.2. The third kappa shape index (κ3) is 6.44. The van der Waals surface area contributed by atoms with Crippen LogP contribution in [0.25, 0.3) is 0 Å². The van der Waals surface area contributed by atoms with E-state index in [1.54, 1.807) is 0 Å². The molecule has 2 aromatic carbocycles. The van der Waals surface area contributed by atoms with E-state index in [0.29, 0.717) is 19.6 Å². The molecule has 2 fully saturated rings. The molecule has 7 nitrogen and oxygen atoms in total. The van der Waals surface area contributed by atoms with Crippen molar-refractivity contribution in [2.24, 2.45) is 0 Å². The summed E-state index contributed by atoms with van der Waals surface area (Å²) in [6.07, 6.45) is 0. The smallest absolute Gasteiger partial charge is 0.242 e. The summed E-state index contributed by atoms with van der Waals surface area (Å²) in [5.41, 5.74) is 3.26.